The molecule has 3 nitrogen and oxygen atoms in total. The van der Waals surface area contributed by atoms with E-state index in [2.05, 4.69) is 31.2 Å². The van der Waals surface area contributed by atoms with Gasteiger partial charge in [-0.3, -0.25) is 0 Å². The normalized spacial score (nSPS) is 20.6. The number of benzene rings is 1. The summed E-state index contributed by atoms with van der Waals surface area (Å²) in [6.07, 6.45) is 12.4. The second-order valence-corrected chi connectivity index (χ2v) is 8.13. The van der Waals surface area contributed by atoms with Crippen molar-refractivity contribution in [2.75, 3.05) is 13.2 Å². The molecule has 0 unspecified atom stereocenters. The fourth-order valence-corrected chi connectivity index (χ4v) is 4.03. The Morgan fingerprint density at radius 1 is 1.00 bits per heavy atom. The van der Waals surface area contributed by atoms with Crippen LogP contribution < -0.4 is 5.73 Å². The molecular formula is C22H38ClNO2. The summed E-state index contributed by atoms with van der Waals surface area (Å²) in [5, 5.41) is 18.6. The summed E-state index contributed by atoms with van der Waals surface area (Å²) in [5.41, 5.74) is 7.78. The summed E-state index contributed by atoms with van der Waals surface area (Å²) in [5.74, 6) is 1.68. The molecule has 0 atom stereocenters. The number of nitrogens with two attached hydrogens (primary N) is 1. The highest BCUT2D eigenvalue weighted by atomic mass is 35.5. The van der Waals surface area contributed by atoms with Gasteiger partial charge in [0.2, 0.25) is 0 Å². The predicted octanol–water partition coefficient (Wildman–Crippen LogP) is 4.58. The molecule has 0 radical (unpaired) electrons. The van der Waals surface area contributed by atoms with Crippen molar-refractivity contribution >= 4 is 12.4 Å². The Labute approximate surface area is 165 Å². The minimum Gasteiger partial charge on any atom is -0.394 e. The maximum atomic E-state index is 9.28. The van der Waals surface area contributed by atoms with Gasteiger partial charge in [0.15, 0.2) is 0 Å². The average Bonchev–Trinajstić information content (AvgIpc) is 2.67. The molecule has 26 heavy (non-hydrogen) atoms. The van der Waals surface area contributed by atoms with E-state index < -0.39 is 5.54 Å². The van der Waals surface area contributed by atoms with Crippen LogP contribution in [0.15, 0.2) is 24.3 Å². The third-order valence-electron chi connectivity index (χ3n) is 6.06. The van der Waals surface area contributed by atoms with Gasteiger partial charge in [0.05, 0.1) is 18.8 Å². The number of hydrogen-bond donors (Lipinski definition) is 3. The molecule has 4 heteroatoms. The first kappa shape index (κ1) is 23.4. The van der Waals surface area contributed by atoms with Crippen LogP contribution >= 0.6 is 12.4 Å². The second-order valence-electron chi connectivity index (χ2n) is 8.13. The molecule has 0 amide bonds. The monoisotopic (exact) mass is 383 g/mol. The maximum Gasteiger partial charge on any atom is 0.0633 e. The van der Waals surface area contributed by atoms with Crippen molar-refractivity contribution in [2.24, 2.45) is 11.7 Å². The van der Waals surface area contributed by atoms with Crippen LogP contribution in [0.1, 0.15) is 81.8 Å². The van der Waals surface area contributed by atoms with Crippen LogP contribution in [0.5, 0.6) is 0 Å². The molecule has 1 aromatic rings. The lowest BCUT2D eigenvalue weighted by atomic mass is 9.77. The summed E-state index contributed by atoms with van der Waals surface area (Å²) >= 11 is 0. The fraction of sp³-hybridized carbons (Fsp3) is 0.727. The summed E-state index contributed by atoms with van der Waals surface area (Å²) in [7, 11) is 0. The minimum absolute atomic E-state index is 0. The lowest BCUT2D eigenvalue weighted by molar-refractivity contribution is 0.115. The zero-order valence-electron chi connectivity index (χ0n) is 16.3. The van der Waals surface area contributed by atoms with Crippen molar-refractivity contribution in [2.45, 2.75) is 82.6 Å². The van der Waals surface area contributed by atoms with E-state index >= 15 is 0 Å². The number of rotatable bonds is 10. The average molecular weight is 384 g/mol. The van der Waals surface area contributed by atoms with Crippen molar-refractivity contribution in [1.29, 1.82) is 0 Å². The summed E-state index contributed by atoms with van der Waals surface area (Å²) < 4.78 is 0. The van der Waals surface area contributed by atoms with E-state index in [1.54, 1.807) is 0 Å². The Morgan fingerprint density at radius 3 is 2.15 bits per heavy atom. The van der Waals surface area contributed by atoms with Gasteiger partial charge in [0.1, 0.15) is 0 Å². The molecule has 0 bridgehead atoms. The smallest absolute Gasteiger partial charge is 0.0633 e. The molecule has 0 aromatic heterocycles. The van der Waals surface area contributed by atoms with Crippen LogP contribution in [0.4, 0.5) is 0 Å². The van der Waals surface area contributed by atoms with Gasteiger partial charge in [0.25, 0.3) is 0 Å². The Balaban J connectivity index is 0.00000338. The number of halogens is 1. The molecular weight excluding hydrogens is 346 g/mol. The van der Waals surface area contributed by atoms with Crippen LogP contribution in [0, 0.1) is 5.92 Å². The van der Waals surface area contributed by atoms with Crippen molar-refractivity contribution in [1.82, 2.24) is 0 Å². The highest BCUT2D eigenvalue weighted by Gasteiger charge is 2.23. The SMILES string of the molecule is CCCCCC1CCC(c2ccc(CCC(N)(CO)CO)cc2)CC1.Cl. The summed E-state index contributed by atoms with van der Waals surface area (Å²) in [6, 6.07) is 8.93. The Morgan fingerprint density at radius 2 is 1.62 bits per heavy atom. The molecule has 1 aliphatic carbocycles. The van der Waals surface area contributed by atoms with Crippen molar-refractivity contribution in [3.63, 3.8) is 0 Å². The Hall–Kier alpha value is -0.610. The third-order valence-corrected chi connectivity index (χ3v) is 6.06. The van der Waals surface area contributed by atoms with E-state index in [-0.39, 0.29) is 25.6 Å². The van der Waals surface area contributed by atoms with E-state index in [1.807, 2.05) is 0 Å². The van der Waals surface area contributed by atoms with Gasteiger partial charge in [-0.2, -0.15) is 0 Å². The van der Waals surface area contributed by atoms with Crippen LogP contribution in [0.25, 0.3) is 0 Å². The number of aliphatic hydroxyl groups excluding tert-OH is 2. The molecule has 0 heterocycles. The van der Waals surface area contributed by atoms with Gasteiger partial charge in [-0.1, -0.05) is 56.9 Å². The lowest BCUT2D eigenvalue weighted by Crippen LogP contribution is -2.47. The van der Waals surface area contributed by atoms with Crippen LogP contribution in [-0.2, 0) is 6.42 Å². The van der Waals surface area contributed by atoms with E-state index in [0.29, 0.717) is 6.42 Å². The number of hydrogen-bond acceptors (Lipinski definition) is 3. The first-order valence-electron chi connectivity index (χ1n) is 10.2. The fourth-order valence-electron chi connectivity index (χ4n) is 4.03. The first-order chi connectivity index (χ1) is 12.1. The molecule has 150 valence electrons. The molecule has 0 spiro atoms. The topological polar surface area (TPSA) is 66.5 Å². The second kappa shape index (κ2) is 12.0. The van der Waals surface area contributed by atoms with Crippen LogP contribution in [-0.4, -0.2) is 29.0 Å². The Bertz CT molecular complexity index is 479. The molecule has 4 N–H and O–H groups in total. The standard InChI is InChI=1S/C22H37NO2.ClH/c1-2-3-4-5-18-6-10-20(11-7-18)21-12-8-19(9-13-21)14-15-22(23,16-24)17-25;/h8-9,12-13,18,20,24-25H,2-7,10-11,14-17,23H2,1H3;1H. The van der Waals surface area contributed by atoms with Crippen molar-refractivity contribution in [3.8, 4) is 0 Å². The van der Waals surface area contributed by atoms with E-state index in [9.17, 15) is 10.2 Å². The van der Waals surface area contributed by atoms with Crippen LogP contribution in [0.3, 0.4) is 0 Å². The van der Waals surface area contributed by atoms with E-state index in [4.69, 9.17) is 5.73 Å². The van der Waals surface area contributed by atoms with Gasteiger partial charge in [0, 0.05) is 0 Å². The van der Waals surface area contributed by atoms with Crippen molar-refractivity contribution < 1.29 is 10.2 Å². The van der Waals surface area contributed by atoms with Crippen LogP contribution in [0.2, 0.25) is 0 Å². The zero-order valence-corrected chi connectivity index (χ0v) is 17.1. The molecule has 0 saturated heterocycles. The van der Waals surface area contributed by atoms with Gasteiger partial charge in [-0.25, -0.2) is 0 Å². The predicted molar refractivity (Wildman–Crippen MR) is 112 cm³/mol. The van der Waals surface area contributed by atoms with Gasteiger partial charge in [-0.05, 0) is 61.5 Å². The molecule has 2 rings (SSSR count). The highest BCUT2D eigenvalue weighted by Crippen LogP contribution is 2.37. The number of aryl methyl sites for hydroxylation is 1. The highest BCUT2D eigenvalue weighted by molar-refractivity contribution is 5.85. The largest absolute Gasteiger partial charge is 0.394 e. The van der Waals surface area contributed by atoms with Gasteiger partial charge < -0.3 is 15.9 Å². The Kier molecular flexibility index (Phi) is 10.8. The van der Waals surface area contributed by atoms with Gasteiger partial charge >= 0.3 is 0 Å². The third kappa shape index (κ3) is 7.19. The molecule has 1 saturated carbocycles. The zero-order chi connectivity index (χ0) is 18.1. The van der Waals surface area contributed by atoms with Crippen molar-refractivity contribution in [3.05, 3.63) is 35.4 Å². The molecule has 0 aliphatic heterocycles. The maximum absolute atomic E-state index is 9.28. The lowest BCUT2D eigenvalue weighted by Gasteiger charge is -2.29. The quantitative estimate of drug-likeness (QED) is 0.518. The summed E-state index contributed by atoms with van der Waals surface area (Å²) in [4.78, 5) is 0. The van der Waals surface area contributed by atoms with Gasteiger partial charge in [-0.15, -0.1) is 12.4 Å². The number of unbranched alkanes of at least 4 members (excludes halogenated alkanes) is 2. The summed E-state index contributed by atoms with van der Waals surface area (Å²) in [6.45, 7) is 1.92. The van der Waals surface area contributed by atoms with E-state index in [1.165, 1.54) is 62.5 Å². The molecule has 1 aromatic carbocycles. The minimum atomic E-state index is -0.866. The molecule has 1 fully saturated rings. The number of aliphatic hydroxyl groups is 2. The van der Waals surface area contributed by atoms with E-state index in [0.717, 1.165) is 18.3 Å². The molecule has 1 aliphatic rings. The first-order valence-corrected chi connectivity index (χ1v) is 10.2.